The van der Waals surface area contributed by atoms with Gasteiger partial charge < -0.3 is 10.2 Å². The highest BCUT2D eigenvalue weighted by Gasteiger charge is 1.99. The van der Waals surface area contributed by atoms with Crippen molar-refractivity contribution in [1.82, 2.24) is 0 Å². The highest BCUT2D eigenvalue weighted by Crippen LogP contribution is 2.03. The van der Waals surface area contributed by atoms with Crippen LogP contribution in [-0.4, -0.2) is 22.9 Å². The molecule has 1 aromatic carbocycles. The van der Waals surface area contributed by atoms with Crippen molar-refractivity contribution in [3.63, 3.8) is 0 Å². The van der Waals surface area contributed by atoms with Crippen molar-refractivity contribution in [2.24, 2.45) is 0 Å². The summed E-state index contributed by atoms with van der Waals surface area (Å²) in [5.41, 5.74) is 1.09. The monoisotopic (exact) mass is 178 g/mol. The number of hydrogen-bond acceptors (Lipinski definition) is 2. The Hall–Kier alpha value is -1.12. The SMILES string of the molecule is OC/C=C/C(O)Cc1ccccc1. The van der Waals surface area contributed by atoms with Gasteiger partial charge in [-0.3, -0.25) is 0 Å². The lowest BCUT2D eigenvalue weighted by molar-refractivity contribution is 0.222. The molecule has 0 amide bonds. The molecule has 2 heteroatoms. The van der Waals surface area contributed by atoms with Gasteiger partial charge in [-0.2, -0.15) is 0 Å². The van der Waals surface area contributed by atoms with E-state index in [4.69, 9.17) is 5.11 Å². The summed E-state index contributed by atoms with van der Waals surface area (Å²) in [6.07, 6.45) is 3.24. The van der Waals surface area contributed by atoms with Gasteiger partial charge in [0.15, 0.2) is 0 Å². The summed E-state index contributed by atoms with van der Waals surface area (Å²) in [6.45, 7) is -0.0220. The third-order valence-corrected chi connectivity index (χ3v) is 1.75. The van der Waals surface area contributed by atoms with Crippen LogP contribution in [0.4, 0.5) is 0 Å². The van der Waals surface area contributed by atoms with E-state index in [1.807, 2.05) is 30.3 Å². The van der Waals surface area contributed by atoms with E-state index in [0.29, 0.717) is 6.42 Å². The fraction of sp³-hybridized carbons (Fsp3) is 0.273. The predicted molar refractivity (Wildman–Crippen MR) is 52.4 cm³/mol. The van der Waals surface area contributed by atoms with E-state index in [1.165, 1.54) is 0 Å². The van der Waals surface area contributed by atoms with E-state index >= 15 is 0 Å². The number of aliphatic hydroxyl groups is 2. The summed E-state index contributed by atoms with van der Waals surface area (Å²) < 4.78 is 0. The number of hydrogen-bond donors (Lipinski definition) is 2. The normalized spacial score (nSPS) is 13.4. The lowest BCUT2D eigenvalue weighted by atomic mass is 10.1. The van der Waals surface area contributed by atoms with Crippen molar-refractivity contribution in [3.05, 3.63) is 48.0 Å². The van der Waals surface area contributed by atoms with Crippen LogP contribution in [-0.2, 0) is 6.42 Å². The van der Waals surface area contributed by atoms with Crippen molar-refractivity contribution < 1.29 is 10.2 Å². The second-order valence-electron chi connectivity index (χ2n) is 2.87. The Kier molecular flexibility index (Phi) is 4.23. The van der Waals surface area contributed by atoms with Gasteiger partial charge in [-0.15, -0.1) is 0 Å². The molecule has 0 heterocycles. The van der Waals surface area contributed by atoms with Crippen molar-refractivity contribution in [3.8, 4) is 0 Å². The molecule has 70 valence electrons. The molecule has 0 spiro atoms. The maximum atomic E-state index is 9.44. The molecule has 1 rings (SSSR count). The summed E-state index contributed by atoms with van der Waals surface area (Å²) >= 11 is 0. The summed E-state index contributed by atoms with van der Waals surface area (Å²) in [5, 5.41) is 17.9. The first-order valence-corrected chi connectivity index (χ1v) is 4.32. The molecule has 0 saturated heterocycles. The fourth-order valence-electron chi connectivity index (χ4n) is 1.14. The van der Waals surface area contributed by atoms with Gasteiger partial charge in [-0.25, -0.2) is 0 Å². The van der Waals surface area contributed by atoms with E-state index in [0.717, 1.165) is 5.56 Å². The first-order chi connectivity index (χ1) is 6.33. The topological polar surface area (TPSA) is 40.5 Å². The maximum Gasteiger partial charge on any atom is 0.0762 e. The highest BCUT2D eigenvalue weighted by atomic mass is 16.3. The van der Waals surface area contributed by atoms with Crippen molar-refractivity contribution >= 4 is 0 Å². The summed E-state index contributed by atoms with van der Waals surface area (Å²) in [7, 11) is 0. The lowest BCUT2D eigenvalue weighted by Gasteiger charge is -2.04. The molecule has 2 nitrogen and oxygen atoms in total. The zero-order chi connectivity index (χ0) is 9.52. The van der Waals surface area contributed by atoms with Gasteiger partial charge >= 0.3 is 0 Å². The largest absolute Gasteiger partial charge is 0.392 e. The molecule has 1 unspecified atom stereocenters. The first kappa shape index (κ1) is 9.96. The quantitative estimate of drug-likeness (QED) is 0.679. The van der Waals surface area contributed by atoms with Gasteiger partial charge in [0.05, 0.1) is 12.7 Å². The molecule has 0 saturated carbocycles. The van der Waals surface area contributed by atoms with Crippen LogP contribution in [0.5, 0.6) is 0 Å². The van der Waals surface area contributed by atoms with Crippen LogP contribution in [0, 0.1) is 0 Å². The van der Waals surface area contributed by atoms with Gasteiger partial charge in [0, 0.05) is 6.42 Å². The van der Waals surface area contributed by atoms with Gasteiger partial charge in [0.1, 0.15) is 0 Å². The molecule has 1 atom stereocenters. The van der Waals surface area contributed by atoms with Crippen LogP contribution in [0.3, 0.4) is 0 Å². The predicted octanol–water partition coefficient (Wildman–Crippen LogP) is 1.14. The molecule has 0 radical (unpaired) electrons. The van der Waals surface area contributed by atoms with Crippen LogP contribution in [0.2, 0.25) is 0 Å². The van der Waals surface area contributed by atoms with Gasteiger partial charge in [0.2, 0.25) is 0 Å². The van der Waals surface area contributed by atoms with E-state index in [9.17, 15) is 5.11 Å². The molecule has 0 aromatic heterocycles. The third-order valence-electron chi connectivity index (χ3n) is 1.75. The van der Waals surface area contributed by atoms with E-state index in [1.54, 1.807) is 12.2 Å². The number of rotatable bonds is 4. The fourth-order valence-corrected chi connectivity index (χ4v) is 1.14. The minimum Gasteiger partial charge on any atom is -0.392 e. The minimum atomic E-state index is -0.505. The molecular weight excluding hydrogens is 164 g/mol. The molecule has 0 aliphatic carbocycles. The Labute approximate surface area is 78.2 Å². The summed E-state index contributed by atoms with van der Waals surface area (Å²) in [4.78, 5) is 0. The summed E-state index contributed by atoms with van der Waals surface area (Å²) in [5.74, 6) is 0. The molecule has 13 heavy (non-hydrogen) atoms. The minimum absolute atomic E-state index is 0.0220. The average molecular weight is 178 g/mol. The number of aliphatic hydroxyl groups excluding tert-OH is 2. The Morgan fingerprint density at radius 1 is 1.23 bits per heavy atom. The van der Waals surface area contributed by atoms with Crippen molar-refractivity contribution in [1.29, 1.82) is 0 Å². The third kappa shape index (κ3) is 3.87. The van der Waals surface area contributed by atoms with Gasteiger partial charge in [-0.05, 0) is 5.56 Å². The van der Waals surface area contributed by atoms with Crippen LogP contribution < -0.4 is 0 Å². The maximum absolute atomic E-state index is 9.44. The highest BCUT2D eigenvalue weighted by molar-refractivity contribution is 5.16. The van der Waals surface area contributed by atoms with Crippen LogP contribution in [0.25, 0.3) is 0 Å². The second-order valence-corrected chi connectivity index (χ2v) is 2.87. The average Bonchev–Trinajstić information content (AvgIpc) is 2.16. The van der Waals surface area contributed by atoms with Crippen LogP contribution >= 0.6 is 0 Å². The molecular formula is C11H14O2. The Balaban J connectivity index is 2.45. The van der Waals surface area contributed by atoms with Crippen LogP contribution in [0.1, 0.15) is 5.56 Å². The molecule has 1 aromatic rings. The summed E-state index contributed by atoms with van der Waals surface area (Å²) in [6, 6.07) is 9.76. The van der Waals surface area contributed by atoms with Crippen molar-refractivity contribution in [2.45, 2.75) is 12.5 Å². The Bertz CT molecular complexity index is 254. The van der Waals surface area contributed by atoms with Gasteiger partial charge in [-0.1, -0.05) is 42.5 Å². The zero-order valence-corrected chi connectivity index (χ0v) is 7.43. The molecule has 0 aliphatic heterocycles. The van der Waals surface area contributed by atoms with E-state index in [-0.39, 0.29) is 6.61 Å². The zero-order valence-electron chi connectivity index (χ0n) is 7.43. The van der Waals surface area contributed by atoms with Gasteiger partial charge in [0.25, 0.3) is 0 Å². The van der Waals surface area contributed by atoms with Crippen molar-refractivity contribution in [2.75, 3.05) is 6.61 Å². The smallest absolute Gasteiger partial charge is 0.0762 e. The number of benzene rings is 1. The van der Waals surface area contributed by atoms with Crippen LogP contribution in [0.15, 0.2) is 42.5 Å². The molecule has 0 fully saturated rings. The Morgan fingerprint density at radius 3 is 2.54 bits per heavy atom. The standard InChI is InChI=1S/C11H14O2/c12-8-4-7-11(13)9-10-5-2-1-3-6-10/h1-7,11-13H,8-9H2/b7-4+. The molecule has 0 bridgehead atoms. The second kappa shape index (κ2) is 5.51. The lowest BCUT2D eigenvalue weighted by Crippen LogP contribution is -2.06. The first-order valence-electron chi connectivity index (χ1n) is 4.32. The van der Waals surface area contributed by atoms with E-state index < -0.39 is 6.10 Å². The molecule has 2 N–H and O–H groups in total. The Morgan fingerprint density at radius 2 is 1.92 bits per heavy atom. The van der Waals surface area contributed by atoms with E-state index in [2.05, 4.69) is 0 Å². The molecule has 0 aliphatic rings.